The van der Waals surface area contributed by atoms with E-state index >= 15 is 0 Å². The summed E-state index contributed by atoms with van der Waals surface area (Å²) in [6.45, 7) is 6.66. The second-order valence-corrected chi connectivity index (χ2v) is 9.81. The normalized spacial score (nSPS) is 11.9. The van der Waals surface area contributed by atoms with Crippen molar-refractivity contribution >= 4 is 40.0 Å². The fourth-order valence-electron chi connectivity index (χ4n) is 4.08. The van der Waals surface area contributed by atoms with Crippen LogP contribution in [0.1, 0.15) is 43.0 Å². The smallest absolute Gasteiger partial charge is 0.251 e. The third kappa shape index (κ3) is 6.11. The molecular formula is C28H31N5O3S. The van der Waals surface area contributed by atoms with Gasteiger partial charge in [-0.15, -0.1) is 10.2 Å². The van der Waals surface area contributed by atoms with Crippen LogP contribution in [0.4, 0.5) is 5.69 Å². The molecule has 0 saturated carbocycles. The van der Waals surface area contributed by atoms with Gasteiger partial charge in [0, 0.05) is 23.2 Å². The number of fused-ring (bicyclic) bond motifs is 1. The fourth-order valence-corrected chi connectivity index (χ4v) is 4.89. The van der Waals surface area contributed by atoms with Crippen molar-refractivity contribution < 1.29 is 14.3 Å². The second-order valence-electron chi connectivity index (χ2n) is 8.87. The molecule has 1 aromatic heterocycles. The summed E-state index contributed by atoms with van der Waals surface area (Å²) in [4.78, 5) is 25.7. The zero-order valence-electron chi connectivity index (χ0n) is 21.4. The summed E-state index contributed by atoms with van der Waals surface area (Å²) < 4.78 is 7.13. The van der Waals surface area contributed by atoms with Gasteiger partial charge < -0.3 is 19.9 Å². The molecule has 0 aliphatic rings. The average Bonchev–Trinajstić information content (AvgIpc) is 3.33. The Morgan fingerprint density at radius 2 is 1.73 bits per heavy atom. The summed E-state index contributed by atoms with van der Waals surface area (Å²) in [5.41, 5.74) is 1.32. The Balaban J connectivity index is 1.45. The zero-order valence-corrected chi connectivity index (χ0v) is 22.2. The van der Waals surface area contributed by atoms with E-state index in [4.69, 9.17) is 4.74 Å². The molecule has 2 N–H and O–H groups in total. The highest BCUT2D eigenvalue weighted by Gasteiger charge is 2.26. The number of nitrogens with one attached hydrogen (secondary N) is 2. The number of amides is 2. The van der Waals surface area contributed by atoms with Gasteiger partial charge in [-0.1, -0.05) is 62.0 Å². The number of methoxy groups -OCH3 is 1. The van der Waals surface area contributed by atoms with Crippen molar-refractivity contribution in [3.63, 3.8) is 0 Å². The topological polar surface area (TPSA) is 98.1 Å². The monoisotopic (exact) mass is 517 g/mol. The van der Waals surface area contributed by atoms with Crippen molar-refractivity contribution in [3.05, 3.63) is 78.1 Å². The number of benzene rings is 3. The second kappa shape index (κ2) is 11.9. The molecule has 4 aromatic rings. The summed E-state index contributed by atoms with van der Waals surface area (Å²) in [5.74, 6) is 1.29. The molecule has 3 aromatic carbocycles. The van der Waals surface area contributed by atoms with Gasteiger partial charge in [0.2, 0.25) is 5.91 Å². The minimum absolute atomic E-state index is 0.0733. The molecule has 0 unspecified atom stereocenters. The van der Waals surface area contributed by atoms with Crippen LogP contribution in [0.2, 0.25) is 0 Å². The van der Waals surface area contributed by atoms with E-state index in [0.29, 0.717) is 28.8 Å². The third-order valence-electron chi connectivity index (χ3n) is 6.04. The Kier molecular flexibility index (Phi) is 8.45. The highest BCUT2D eigenvalue weighted by Crippen LogP contribution is 2.27. The number of ether oxygens (including phenoxy) is 1. The maximum Gasteiger partial charge on any atom is 0.251 e. The largest absolute Gasteiger partial charge is 0.497 e. The van der Waals surface area contributed by atoms with Crippen LogP contribution in [-0.2, 0) is 11.3 Å². The summed E-state index contributed by atoms with van der Waals surface area (Å²) in [6, 6.07) is 20.4. The molecule has 37 heavy (non-hydrogen) atoms. The molecule has 192 valence electrons. The van der Waals surface area contributed by atoms with Gasteiger partial charge >= 0.3 is 0 Å². The van der Waals surface area contributed by atoms with E-state index in [1.807, 2.05) is 67.8 Å². The molecule has 1 heterocycles. The Hall–Kier alpha value is -3.85. The fraction of sp³-hybridized carbons (Fsp3) is 0.286. The van der Waals surface area contributed by atoms with E-state index in [9.17, 15) is 9.59 Å². The highest BCUT2D eigenvalue weighted by molar-refractivity contribution is 7.99. The number of carbonyl (C=O) groups excluding carboxylic acids is 2. The van der Waals surface area contributed by atoms with Crippen LogP contribution in [0.5, 0.6) is 5.75 Å². The van der Waals surface area contributed by atoms with Gasteiger partial charge in [-0.2, -0.15) is 0 Å². The number of rotatable bonds is 10. The van der Waals surface area contributed by atoms with Crippen molar-refractivity contribution in [3.8, 4) is 5.75 Å². The third-order valence-corrected chi connectivity index (χ3v) is 7.01. The van der Waals surface area contributed by atoms with Gasteiger partial charge in [0.1, 0.15) is 5.75 Å². The van der Waals surface area contributed by atoms with Crippen molar-refractivity contribution in [2.75, 3.05) is 18.2 Å². The number of hydrogen-bond donors (Lipinski definition) is 2. The quantitative estimate of drug-likeness (QED) is 0.276. The molecule has 0 spiro atoms. The van der Waals surface area contributed by atoms with Crippen LogP contribution in [0, 0.1) is 5.92 Å². The van der Waals surface area contributed by atoms with E-state index in [1.165, 1.54) is 11.8 Å². The molecule has 0 aliphatic heterocycles. The summed E-state index contributed by atoms with van der Waals surface area (Å²) in [7, 11) is 1.59. The molecule has 1 atom stereocenters. The first kappa shape index (κ1) is 26.2. The van der Waals surface area contributed by atoms with Crippen molar-refractivity contribution in [2.45, 2.75) is 38.5 Å². The Bertz CT molecular complexity index is 1380. The lowest BCUT2D eigenvalue weighted by molar-refractivity contribution is -0.113. The number of anilines is 1. The van der Waals surface area contributed by atoms with E-state index in [1.54, 1.807) is 31.4 Å². The number of carbonyl (C=O) groups is 2. The molecule has 0 aliphatic carbocycles. The van der Waals surface area contributed by atoms with Crippen LogP contribution < -0.4 is 15.4 Å². The summed E-state index contributed by atoms with van der Waals surface area (Å²) in [6.07, 6.45) is 0. The lowest BCUT2D eigenvalue weighted by atomic mass is 10.0. The van der Waals surface area contributed by atoms with Crippen molar-refractivity contribution in [1.29, 1.82) is 0 Å². The first-order valence-electron chi connectivity index (χ1n) is 12.2. The first-order chi connectivity index (χ1) is 17.9. The summed E-state index contributed by atoms with van der Waals surface area (Å²) >= 11 is 1.32. The van der Waals surface area contributed by atoms with Gasteiger partial charge in [-0.05, 0) is 48.6 Å². The highest BCUT2D eigenvalue weighted by atomic mass is 32.2. The standard InChI is InChI=1S/C28H31N5O3S/c1-5-33-26(25(18(2)3)30-27(35)20-13-15-21(36-4)16-14-20)31-32-28(33)37-17-24(34)29-23-12-8-10-19-9-6-7-11-22(19)23/h6-16,18,25H,5,17H2,1-4H3,(H,29,34)(H,30,35)/t25-/m1/s1. The van der Waals surface area contributed by atoms with E-state index in [2.05, 4.69) is 20.8 Å². The molecule has 8 nitrogen and oxygen atoms in total. The van der Waals surface area contributed by atoms with Gasteiger partial charge in [-0.25, -0.2) is 0 Å². The molecule has 2 amide bonds. The molecule has 0 bridgehead atoms. The zero-order chi connectivity index (χ0) is 26.4. The van der Waals surface area contributed by atoms with Crippen LogP contribution in [-0.4, -0.2) is 39.4 Å². The van der Waals surface area contributed by atoms with E-state index in [-0.39, 0.29) is 29.5 Å². The average molecular weight is 518 g/mol. The molecule has 0 fully saturated rings. The van der Waals surface area contributed by atoms with Crippen LogP contribution in [0.25, 0.3) is 10.8 Å². The number of aromatic nitrogens is 3. The number of hydrogen-bond acceptors (Lipinski definition) is 6. The molecule has 9 heteroatoms. The SMILES string of the molecule is CCn1c(SCC(=O)Nc2cccc3ccccc23)nnc1[C@H](NC(=O)c1ccc(OC)cc1)C(C)C. The lowest BCUT2D eigenvalue weighted by Crippen LogP contribution is -2.33. The maximum atomic E-state index is 13.0. The number of thioether (sulfide) groups is 1. The minimum atomic E-state index is -0.346. The van der Waals surface area contributed by atoms with Gasteiger partial charge in [0.15, 0.2) is 11.0 Å². The van der Waals surface area contributed by atoms with Crippen molar-refractivity contribution in [2.24, 2.45) is 5.92 Å². The van der Waals surface area contributed by atoms with E-state index < -0.39 is 0 Å². The Labute approximate surface area is 220 Å². The number of nitrogens with zero attached hydrogens (tertiary/aromatic N) is 3. The van der Waals surface area contributed by atoms with Crippen molar-refractivity contribution in [1.82, 2.24) is 20.1 Å². The summed E-state index contributed by atoms with van der Waals surface area (Å²) in [5, 5.41) is 17.6. The van der Waals surface area contributed by atoms with Gasteiger partial charge in [-0.3, -0.25) is 9.59 Å². The van der Waals surface area contributed by atoms with Crippen LogP contribution in [0.3, 0.4) is 0 Å². The predicted molar refractivity (Wildman–Crippen MR) is 147 cm³/mol. The Morgan fingerprint density at radius 3 is 2.43 bits per heavy atom. The molecule has 0 saturated heterocycles. The van der Waals surface area contributed by atoms with Gasteiger partial charge in [0.25, 0.3) is 5.91 Å². The molecule has 4 rings (SSSR count). The Morgan fingerprint density at radius 1 is 1.00 bits per heavy atom. The maximum absolute atomic E-state index is 13.0. The van der Waals surface area contributed by atoms with Crippen LogP contribution in [0.15, 0.2) is 71.9 Å². The first-order valence-corrected chi connectivity index (χ1v) is 13.2. The van der Waals surface area contributed by atoms with E-state index in [0.717, 1.165) is 16.5 Å². The van der Waals surface area contributed by atoms with Gasteiger partial charge in [0.05, 0.1) is 18.9 Å². The minimum Gasteiger partial charge on any atom is -0.497 e. The predicted octanol–water partition coefficient (Wildman–Crippen LogP) is 5.32. The molecular weight excluding hydrogens is 486 g/mol. The molecule has 0 radical (unpaired) electrons. The van der Waals surface area contributed by atoms with Crippen LogP contribution >= 0.6 is 11.8 Å². The lowest BCUT2D eigenvalue weighted by Gasteiger charge is -2.22.